The van der Waals surface area contributed by atoms with Gasteiger partial charge < -0.3 is 15.4 Å². The van der Waals surface area contributed by atoms with Crippen molar-refractivity contribution in [3.05, 3.63) is 30.1 Å². The van der Waals surface area contributed by atoms with Crippen molar-refractivity contribution in [2.75, 3.05) is 13.1 Å². The van der Waals surface area contributed by atoms with Gasteiger partial charge in [0.05, 0.1) is 17.5 Å². The maximum absolute atomic E-state index is 12.5. The van der Waals surface area contributed by atoms with Gasteiger partial charge in [-0.2, -0.15) is 0 Å². The fourth-order valence-corrected chi connectivity index (χ4v) is 3.91. The van der Waals surface area contributed by atoms with Crippen LogP contribution in [0.25, 0.3) is 11.0 Å². The molecule has 2 heterocycles. The molecule has 0 radical (unpaired) electrons. The lowest BCUT2D eigenvalue weighted by molar-refractivity contribution is -0.138. The zero-order valence-corrected chi connectivity index (χ0v) is 14.6. The largest absolute Gasteiger partial charge is 0.481 e. The number of likely N-dealkylation sites (tertiary alicyclic amines) is 1. The highest BCUT2D eigenvalue weighted by Crippen LogP contribution is 2.35. The molecular formula is C19H24N4O3. The molecule has 0 spiro atoms. The Bertz CT molecular complexity index is 781. The summed E-state index contributed by atoms with van der Waals surface area (Å²) in [6, 6.07) is 7.84. The third kappa shape index (κ3) is 3.72. The van der Waals surface area contributed by atoms with Gasteiger partial charge in [-0.05, 0) is 43.7 Å². The summed E-state index contributed by atoms with van der Waals surface area (Å²) >= 11 is 0. The molecule has 2 fully saturated rings. The van der Waals surface area contributed by atoms with Crippen molar-refractivity contribution in [3.63, 3.8) is 0 Å². The first-order valence-electron chi connectivity index (χ1n) is 9.30. The number of carboxylic acid groups (broad SMARTS) is 1. The maximum atomic E-state index is 12.5. The first-order valence-corrected chi connectivity index (χ1v) is 9.30. The molecule has 1 amide bonds. The number of carbonyl (C=O) groups is 2. The number of rotatable bonds is 7. The molecule has 2 aliphatic rings. The third-order valence-corrected chi connectivity index (χ3v) is 5.45. The van der Waals surface area contributed by atoms with Crippen molar-refractivity contribution in [1.82, 2.24) is 20.2 Å². The van der Waals surface area contributed by atoms with E-state index in [1.165, 1.54) is 12.8 Å². The second-order valence-electron chi connectivity index (χ2n) is 7.44. The van der Waals surface area contributed by atoms with Crippen LogP contribution in [0.4, 0.5) is 0 Å². The Labute approximate surface area is 151 Å². The van der Waals surface area contributed by atoms with Crippen LogP contribution in [0.1, 0.15) is 42.7 Å². The summed E-state index contributed by atoms with van der Waals surface area (Å²) in [6.07, 6.45) is 4.44. The van der Waals surface area contributed by atoms with Gasteiger partial charge in [0.1, 0.15) is 0 Å². The normalized spacial score (nSPS) is 23.4. The number of nitrogens with one attached hydrogen (secondary N) is 2. The van der Waals surface area contributed by atoms with Crippen LogP contribution in [0.3, 0.4) is 0 Å². The van der Waals surface area contributed by atoms with E-state index < -0.39 is 5.97 Å². The van der Waals surface area contributed by atoms with Gasteiger partial charge in [0.2, 0.25) is 0 Å². The van der Waals surface area contributed by atoms with E-state index in [4.69, 9.17) is 5.11 Å². The molecular weight excluding hydrogens is 332 g/mol. The van der Waals surface area contributed by atoms with Crippen molar-refractivity contribution in [3.8, 4) is 0 Å². The average molecular weight is 356 g/mol. The van der Waals surface area contributed by atoms with Gasteiger partial charge >= 0.3 is 5.97 Å². The number of imidazole rings is 1. The Hall–Kier alpha value is -2.41. The number of fused-ring (bicyclic) bond motifs is 1. The first-order chi connectivity index (χ1) is 12.6. The molecule has 1 saturated carbocycles. The standard InChI is InChI=1S/C19H24N4O3/c24-17(25)9-13-7-8-14(23(13)11-12-5-6-12)10-20-19(26)18-21-15-3-1-2-4-16(15)22-18/h1-4,12-14H,5-11H2,(H,20,26)(H,21,22)(H,24,25)/t13-,14+/m1/s1. The average Bonchev–Trinajstić information content (AvgIpc) is 3.21. The highest BCUT2D eigenvalue weighted by atomic mass is 16.4. The number of para-hydroxylation sites is 2. The summed E-state index contributed by atoms with van der Waals surface area (Å²) < 4.78 is 0. The Morgan fingerprint density at radius 2 is 1.96 bits per heavy atom. The summed E-state index contributed by atoms with van der Waals surface area (Å²) in [4.78, 5) is 33.3. The Kier molecular flexibility index (Phi) is 4.63. The minimum atomic E-state index is -0.747. The number of hydrogen-bond donors (Lipinski definition) is 3. The molecule has 1 aromatic heterocycles. The minimum absolute atomic E-state index is 0.0844. The molecule has 7 heteroatoms. The second kappa shape index (κ2) is 7.07. The number of hydrogen-bond acceptors (Lipinski definition) is 4. The zero-order valence-electron chi connectivity index (χ0n) is 14.6. The molecule has 3 N–H and O–H groups in total. The van der Waals surface area contributed by atoms with Gasteiger partial charge in [-0.3, -0.25) is 14.5 Å². The quantitative estimate of drug-likeness (QED) is 0.705. The molecule has 0 bridgehead atoms. The fraction of sp³-hybridized carbons (Fsp3) is 0.526. The zero-order chi connectivity index (χ0) is 18.1. The van der Waals surface area contributed by atoms with Crippen molar-refractivity contribution >= 4 is 22.9 Å². The highest BCUT2D eigenvalue weighted by Gasteiger charge is 2.38. The maximum Gasteiger partial charge on any atom is 0.304 e. The number of carbonyl (C=O) groups excluding carboxylic acids is 1. The van der Waals surface area contributed by atoms with Gasteiger partial charge in [0.15, 0.2) is 5.82 Å². The lowest BCUT2D eigenvalue weighted by Crippen LogP contribution is -2.45. The van der Waals surface area contributed by atoms with Crippen LogP contribution in [-0.4, -0.2) is 57.0 Å². The van der Waals surface area contributed by atoms with Crippen LogP contribution < -0.4 is 5.32 Å². The van der Waals surface area contributed by atoms with E-state index in [0.29, 0.717) is 18.3 Å². The van der Waals surface area contributed by atoms with Crippen LogP contribution in [0.15, 0.2) is 24.3 Å². The van der Waals surface area contributed by atoms with Gasteiger partial charge in [-0.1, -0.05) is 12.1 Å². The van der Waals surface area contributed by atoms with Gasteiger partial charge in [-0.25, -0.2) is 4.98 Å². The molecule has 2 atom stereocenters. The molecule has 1 aliphatic carbocycles. The second-order valence-corrected chi connectivity index (χ2v) is 7.44. The van der Waals surface area contributed by atoms with E-state index >= 15 is 0 Å². The lowest BCUT2D eigenvalue weighted by Gasteiger charge is -2.29. The van der Waals surface area contributed by atoms with E-state index in [2.05, 4.69) is 20.2 Å². The summed E-state index contributed by atoms with van der Waals surface area (Å²) in [7, 11) is 0. The Balaban J connectivity index is 1.39. The summed E-state index contributed by atoms with van der Waals surface area (Å²) in [5.41, 5.74) is 1.62. The van der Waals surface area contributed by atoms with Crippen LogP contribution in [0, 0.1) is 5.92 Å². The lowest BCUT2D eigenvalue weighted by atomic mass is 10.1. The van der Waals surface area contributed by atoms with Gasteiger partial charge in [0.25, 0.3) is 5.91 Å². The monoisotopic (exact) mass is 356 g/mol. The number of aromatic nitrogens is 2. The van der Waals surface area contributed by atoms with E-state index in [9.17, 15) is 9.59 Å². The minimum Gasteiger partial charge on any atom is -0.481 e. The fourth-order valence-electron chi connectivity index (χ4n) is 3.91. The van der Waals surface area contributed by atoms with Crippen LogP contribution in [0.2, 0.25) is 0 Å². The predicted octanol–water partition coefficient (Wildman–Crippen LogP) is 2.01. The van der Waals surface area contributed by atoms with Crippen molar-refractivity contribution < 1.29 is 14.7 Å². The number of benzene rings is 1. The third-order valence-electron chi connectivity index (χ3n) is 5.45. The molecule has 7 nitrogen and oxygen atoms in total. The van der Waals surface area contributed by atoms with Crippen molar-refractivity contribution in [2.45, 2.75) is 44.2 Å². The summed E-state index contributed by atoms with van der Waals surface area (Å²) in [6.45, 7) is 1.47. The molecule has 0 unspecified atom stereocenters. The SMILES string of the molecule is O=C(O)C[C@H]1CC[C@@H](CNC(=O)c2nc3ccccc3[nH]2)N1CC1CC1. The molecule has 4 rings (SSSR count). The number of aromatic amines is 1. The topological polar surface area (TPSA) is 98.3 Å². The molecule has 1 aliphatic heterocycles. The molecule has 1 saturated heterocycles. The Morgan fingerprint density at radius 3 is 2.69 bits per heavy atom. The van der Waals surface area contributed by atoms with Crippen LogP contribution in [-0.2, 0) is 4.79 Å². The molecule has 2 aromatic rings. The summed E-state index contributed by atoms with van der Waals surface area (Å²) in [5.74, 6) is 0.0509. The number of H-pyrrole nitrogens is 1. The Morgan fingerprint density at radius 1 is 1.19 bits per heavy atom. The van der Waals surface area contributed by atoms with E-state index in [0.717, 1.165) is 30.4 Å². The van der Waals surface area contributed by atoms with Gasteiger partial charge in [-0.15, -0.1) is 0 Å². The summed E-state index contributed by atoms with van der Waals surface area (Å²) in [5, 5.41) is 12.1. The molecule has 1 aromatic carbocycles. The van der Waals surface area contributed by atoms with Crippen LogP contribution >= 0.6 is 0 Å². The van der Waals surface area contributed by atoms with E-state index in [1.54, 1.807) is 0 Å². The smallest absolute Gasteiger partial charge is 0.304 e. The van der Waals surface area contributed by atoms with Crippen molar-refractivity contribution in [1.29, 1.82) is 0 Å². The first kappa shape index (κ1) is 17.0. The molecule has 138 valence electrons. The number of carboxylic acids is 1. The highest BCUT2D eigenvalue weighted by molar-refractivity contribution is 5.94. The molecule has 26 heavy (non-hydrogen) atoms. The van der Waals surface area contributed by atoms with Crippen molar-refractivity contribution in [2.24, 2.45) is 5.92 Å². The van der Waals surface area contributed by atoms with E-state index in [1.807, 2.05) is 24.3 Å². The number of aliphatic carboxylic acids is 1. The van der Waals surface area contributed by atoms with Gasteiger partial charge in [0, 0.05) is 25.2 Å². The predicted molar refractivity (Wildman–Crippen MR) is 96.9 cm³/mol. The van der Waals surface area contributed by atoms with E-state index in [-0.39, 0.29) is 24.4 Å². The number of nitrogens with zero attached hydrogens (tertiary/aromatic N) is 2. The van der Waals surface area contributed by atoms with Crippen LogP contribution in [0.5, 0.6) is 0 Å². The number of amides is 1.